The number of hydrogen-bond donors (Lipinski definition) is 0. The van der Waals surface area contributed by atoms with Gasteiger partial charge in [0.25, 0.3) is 0 Å². The molecule has 10 aromatic rings. The lowest BCUT2D eigenvalue weighted by atomic mass is 9.92. The number of aromatic nitrogens is 1. The zero-order valence-corrected chi connectivity index (χ0v) is 28.5. The van der Waals surface area contributed by atoms with Gasteiger partial charge in [0, 0.05) is 33.5 Å². The van der Waals surface area contributed by atoms with Gasteiger partial charge in [-0.05, 0) is 98.4 Å². The normalized spacial score (nSPS) is 11.5. The van der Waals surface area contributed by atoms with Crippen molar-refractivity contribution in [3.05, 3.63) is 206 Å². The van der Waals surface area contributed by atoms with Crippen LogP contribution in [0, 0.1) is 0 Å². The van der Waals surface area contributed by atoms with Crippen molar-refractivity contribution in [3.63, 3.8) is 0 Å². The predicted octanol–water partition coefficient (Wildman–Crippen LogP) is 13.9. The molecule has 9 aromatic carbocycles. The smallest absolute Gasteiger partial charge is 0.0547 e. The van der Waals surface area contributed by atoms with Gasteiger partial charge in [0.05, 0.1) is 11.0 Å². The average molecular weight is 663 g/mol. The molecule has 0 amide bonds. The van der Waals surface area contributed by atoms with E-state index in [1.54, 1.807) is 0 Å². The molecule has 0 saturated carbocycles. The van der Waals surface area contributed by atoms with E-state index in [0.29, 0.717) is 0 Å². The van der Waals surface area contributed by atoms with Crippen molar-refractivity contribution in [1.82, 2.24) is 4.57 Å². The minimum Gasteiger partial charge on any atom is -0.310 e. The van der Waals surface area contributed by atoms with E-state index in [2.05, 4.69) is 216 Å². The van der Waals surface area contributed by atoms with Gasteiger partial charge in [-0.3, -0.25) is 0 Å². The van der Waals surface area contributed by atoms with Crippen LogP contribution in [0.4, 0.5) is 17.1 Å². The number of rotatable bonds is 6. The first-order valence-corrected chi connectivity index (χ1v) is 17.9. The fourth-order valence-corrected chi connectivity index (χ4v) is 8.03. The Morgan fingerprint density at radius 2 is 0.923 bits per heavy atom. The summed E-state index contributed by atoms with van der Waals surface area (Å²) >= 11 is 0. The van der Waals surface area contributed by atoms with Crippen LogP contribution in [0.25, 0.3) is 71.3 Å². The van der Waals surface area contributed by atoms with Gasteiger partial charge in [-0.25, -0.2) is 0 Å². The average Bonchev–Trinajstić information content (AvgIpc) is 3.56. The summed E-state index contributed by atoms with van der Waals surface area (Å²) in [6.07, 6.45) is 0. The van der Waals surface area contributed by atoms with E-state index in [-0.39, 0.29) is 0 Å². The van der Waals surface area contributed by atoms with Gasteiger partial charge in [0.15, 0.2) is 0 Å². The Labute approximate surface area is 303 Å². The molecule has 0 saturated heterocycles. The second-order valence-electron chi connectivity index (χ2n) is 13.3. The summed E-state index contributed by atoms with van der Waals surface area (Å²) in [5, 5.41) is 7.57. The molecule has 52 heavy (non-hydrogen) atoms. The molecule has 10 rings (SSSR count). The van der Waals surface area contributed by atoms with Crippen molar-refractivity contribution in [2.45, 2.75) is 0 Å². The number of para-hydroxylation sites is 2. The lowest BCUT2D eigenvalue weighted by Gasteiger charge is -2.26. The van der Waals surface area contributed by atoms with E-state index >= 15 is 0 Å². The number of hydrogen-bond acceptors (Lipinski definition) is 1. The van der Waals surface area contributed by atoms with Gasteiger partial charge in [0.1, 0.15) is 0 Å². The number of anilines is 3. The highest BCUT2D eigenvalue weighted by atomic mass is 15.1. The van der Waals surface area contributed by atoms with E-state index in [1.165, 1.54) is 65.6 Å². The summed E-state index contributed by atoms with van der Waals surface area (Å²) in [6, 6.07) is 74.6. The molecule has 0 radical (unpaired) electrons. The van der Waals surface area contributed by atoms with Crippen molar-refractivity contribution in [1.29, 1.82) is 0 Å². The molecular weight excluding hydrogens is 629 g/mol. The number of fused-ring (bicyclic) bond motifs is 6. The molecule has 0 atom stereocenters. The van der Waals surface area contributed by atoms with Crippen molar-refractivity contribution < 1.29 is 0 Å². The molecule has 0 aliphatic carbocycles. The van der Waals surface area contributed by atoms with Gasteiger partial charge in [-0.2, -0.15) is 0 Å². The van der Waals surface area contributed by atoms with E-state index in [1.807, 2.05) is 0 Å². The van der Waals surface area contributed by atoms with Crippen molar-refractivity contribution in [2.24, 2.45) is 0 Å². The van der Waals surface area contributed by atoms with Crippen molar-refractivity contribution >= 4 is 60.4 Å². The predicted molar refractivity (Wildman–Crippen MR) is 221 cm³/mol. The van der Waals surface area contributed by atoms with Crippen LogP contribution in [0.1, 0.15) is 0 Å². The Kier molecular flexibility index (Phi) is 7.18. The highest BCUT2D eigenvalue weighted by molar-refractivity contribution is 6.25. The highest BCUT2D eigenvalue weighted by Gasteiger charge is 2.19. The Hall–Kier alpha value is -6.90. The monoisotopic (exact) mass is 662 g/mol. The largest absolute Gasteiger partial charge is 0.310 e. The van der Waals surface area contributed by atoms with Gasteiger partial charge < -0.3 is 9.47 Å². The third-order valence-corrected chi connectivity index (χ3v) is 10.4. The third kappa shape index (κ3) is 4.96. The molecule has 1 heterocycles. The van der Waals surface area contributed by atoms with Crippen molar-refractivity contribution in [2.75, 3.05) is 4.90 Å². The molecule has 0 spiro atoms. The second-order valence-corrected chi connectivity index (χ2v) is 13.3. The Balaban J connectivity index is 1.18. The lowest BCUT2D eigenvalue weighted by Crippen LogP contribution is -2.10. The first-order chi connectivity index (χ1) is 25.8. The van der Waals surface area contributed by atoms with Crippen LogP contribution < -0.4 is 4.90 Å². The maximum absolute atomic E-state index is 2.44. The fourth-order valence-electron chi connectivity index (χ4n) is 8.03. The van der Waals surface area contributed by atoms with E-state index in [9.17, 15) is 0 Å². The Bertz CT molecular complexity index is 2880. The molecule has 0 aliphatic rings. The molecular formula is C50H34N2. The zero-order chi connectivity index (χ0) is 34.4. The summed E-state index contributed by atoms with van der Waals surface area (Å²) in [7, 11) is 0. The van der Waals surface area contributed by atoms with Crippen LogP contribution >= 0.6 is 0 Å². The topological polar surface area (TPSA) is 8.17 Å². The Morgan fingerprint density at radius 3 is 1.75 bits per heavy atom. The first kappa shape index (κ1) is 30.0. The molecule has 2 heteroatoms. The molecule has 1 aromatic heterocycles. The molecule has 2 nitrogen and oxygen atoms in total. The molecule has 0 N–H and O–H groups in total. The third-order valence-electron chi connectivity index (χ3n) is 10.4. The SMILES string of the molecule is c1ccc(-c2ccc(N(c3ccccc3)c3cccc(-n4c5ccccc5c5c6c(-c7cccc8ccccc78)cccc6ccc54)c3)cc2)cc1. The molecule has 244 valence electrons. The maximum atomic E-state index is 2.44. The summed E-state index contributed by atoms with van der Waals surface area (Å²) in [5.74, 6) is 0. The summed E-state index contributed by atoms with van der Waals surface area (Å²) in [5.41, 5.74) is 11.7. The fraction of sp³-hybridized carbons (Fsp3) is 0. The van der Waals surface area contributed by atoms with Gasteiger partial charge in [-0.1, -0.05) is 152 Å². The Morgan fingerprint density at radius 1 is 0.327 bits per heavy atom. The maximum Gasteiger partial charge on any atom is 0.0547 e. The summed E-state index contributed by atoms with van der Waals surface area (Å²) in [4.78, 5) is 2.35. The van der Waals surface area contributed by atoms with Crippen LogP contribution in [0.5, 0.6) is 0 Å². The summed E-state index contributed by atoms with van der Waals surface area (Å²) in [6.45, 7) is 0. The van der Waals surface area contributed by atoms with Gasteiger partial charge >= 0.3 is 0 Å². The van der Waals surface area contributed by atoms with Crippen LogP contribution in [-0.2, 0) is 0 Å². The molecule has 0 bridgehead atoms. The zero-order valence-electron chi connectivity index (χ0n) is 28.5. The van der Waals surface area contributed by atoms with Gasteiger partial charge in [-0.15, -0.1) is 0 Å². The second kappa shape index (κ2) is 12.5. The summed E-state index contributed by atoms with van der Waals surface area (Å²) < 4.78 is 2.44. The van der Waals surface area contributed by atoms with Gasteiger partial charge in [0.2, 0.25) is 0 Å². The van der Waals surface area contributed by atoms with E-state index in [4.69, 9.17) is 0 Å². The highest BCUT2D eigenvalue weighted by Crippen LogP contribution is 2.43. The molecule has 0 fully saturated rings. The number of nitrogens with zero attached hydrogens (tertiary/aromatic N) is 2. The van der Waals surface area contributed by atoms with Crippen LogP contribution in [0.2, 0.25) is 0 Å². The van der Waals surface area contributed by atoms with Crippen LogP contribution in [0.15, 0.2) is 206 Å². The minimum atomic E-state index is 1.10. The molecule has 0 unspecified atom stereocenters. The minimum absolute atomic E-state index is 1.10. The molecule has 0 aliphatic heterocycles. The van der Waals surface area contributed by atoms with E-state index < -0.39 is 0 Å². The van der Waals surface area contributed by atoms with Crippen LogP contribution in [-0.4, -0.2) is 4.57 Å². The lowest BCUT2D eigenvalue weighted by molar-refractivity contribution is 1.17. The van der Waals surface area contributed by atoms with Crippen LogP contribution in [0.3, 0.4) is 0 Å². The quantitative estimate of drug-likeness (QED) is 0.172. The first-order valence-electron chi connectivity index (χ1n) is 17.9. The standard InChI is InChI=1S/C50H34N2/c1-3-14-35(15-4-1)36-28-31-40(32-29-36)51(39-19-5-2-6-20-39)41-21-13-22-42(34-41)52-47-27-10-9-24-46(47)50-48(52)33-30-38-18-12-26-45(49(38)50)44-25-11-17-37-16-7-8-23-43(37)44/h1-34H. The number of benzene rings is 9. The van der Waals surface area contributed by atoms with E-state index in [0.717, 1.165) is 22.7 Å². The van der Waals surface area contributed by atoms with Crippen molar-refractivity contribution in [3.8, 4) is 27.9 Å².